The Morgan fingerprint density at radius 3 is 2.61 bits per heavy atom. The van der Waals surface area contributed by atoms with E-state index in [-0.39, 0.29) is 5.91 Å². The Morgan fingerprint density at radius 1 is 1.10 bits per heavy atom. The van der Waals surface area contributed by atoms with Crippen LogP contribution in [-0.4, -0.2) is 34.8 Å². The van der Waals surface area contributed by atoms with Gasteiger partial charge in [0, 0.05) is 18.2 Å². The average molecular weight is 450 g/mol. The molecule has 1 saturated heterocycles. The van der Waals surface area contributed by atoms with Gasteiger partial charge >= 0.3 is 5.97 Å². The number of ether oxygens (including phenoxy) is 1. The first kappa shape index (κ1) is 21.1. The van der Waals surface area contributed by atoms with Gasteiger partial charge in [-0.25, -0.2) is 4.79 Å². The van der Waals surface area contributed by atoms with E-state index in [0.717, 1.165) is 12.0 Å². The fourth-order valence-electron chi connectivity index (χ4n) is 3.27. The maximum atomic E-state index is 12.8. The molecule has 3 aromatic rings. The molecule has 1 aliphatic heterocycles. The van der Waals surface area contributed by atoms with E-state index in [4.69, 9.17) is 21.4 Å². The van der Waals surface area contributed by atoms with Crippen molar-refractivity contribution in [3.63, 3.8) is 0 Å². The first-order chi connectivity index (χ1) is 15.1. The molecule has 0 spiro atoms. The van der Waals surface area contributed by atoms with Crippen molar-refractivity contribution in [1.82, 2.24) is 4.90 Å². The van der Waals surface area contributed by atoms with Crippen LogP contribution in [0.3, 0.4) is 0 Å². The van der Waals surface area contributed by atoms with Crippen LogP contribution in [0.4, 0.5) is 0 Å². The molecular weight excluding hydrogens is 430 g/mol. The first-order valence-electron chi connectivity index (χ1n) is 9.63. The van der Waals surface area contributed by atoms with Crippen LogP contribution in [0.15, 0.2) is 76.1 Å². The van der Waals surface area contributed by atoms with Gasteiger partial charge in [0.05, 0.1) is 17.6 Å². The molecule has 1 aliphatic rings. The van der Waals surface area contributed by atoms with Crippen LogP contribution in [0.5, 0.6) is 0 Å². The molecule has 0 radical (unpaired) electrons. The highest BCUT2D eigenvalue weighted by Crippen LogP contribution is 2.34. The van der Waals surface area contributed by atoms with Crippen molar-refractivity contribution in [3.05, 3.63) is 88.5 Å². The average Bonchev–Trinajstić information content (AvgIpc) is 3.37. The molecule has 0 atom stereocenters. The highest BCUT2D eigenvalue weighted by molar-refractivity contribution is 8.26. The van der Waals surface area contributed by atoms with Crippen LogP contribution in [0.2, 0.25) is 0 Å². The lowest BCUT2D eigenvalue weighted by Crippen LogP contribution is -2.30. The Bertz CT molecular complexity index is 1170. The van der Waals surface area contributed by atoms with Gasteiger partial charge < -0.3 is 9.15 Å². The summed E-state index contributed by atoms with van der Waals surface area (Å²) in [4.78, 5) is 27.0. The zero-order valence-electron chi connectivity index (χ0n) is 16.7. The summed E-state index contributed by atoms with van der Waals surface area (Å²) in [6, 6.07) is 20.6. The Balaban J connectivity index is 1.51. The first-order valence-corrected chi connectivity index (χ1v) is 10.9. The molecule has 1 fully saturated rings. The molecule has 0 unspecified atom stereocenters. The fraction of sp³-hybridized carbons (Fsp3) is 0.125. The number of rotatable bonds is 6. The van der Waals surface area contributed by atoms with Gasteiger partial charge in [-0.15, -0.1) is 0 Å². The van der Waals surface area contributed by atoms with E-state index >= 15 is 0 Å². The predicted octanol–water partition coefficient (Wildman–Crippen LogP) is 5.18. The third-order valence-corrected chi connectivity index (χ3v) is 6.22. The molecular formula is C24H19NO4S2. The Hall–Kier alpha value is -3.16. The molecule has 2 heterocycles. The molecule has 0 bridgehead atoms. The largest absolute Gasteiger partial charge is 0.465 e. The number of amides is 1. The van der Waals surface area contributed by atoms with Gasteiger partial charge in [0.2, 0.25) is 0 Å². The smallest absolute Gasteiger partial charge is 0.338 e. The van der Waals surface area contributed by atoms with Gasteiger partial charge in [-0.1, -0.05) is 72.5 Å². The van der Waals surface area contributed by atoms with Gasteiger partial charge in [-0.2, -0.15) is 0 Å². The number of benzene rings is 2. The van der Waals surface area contributed by atoms with Gasteiger partial charge in [0.15, 0.2) is 0 Å². The van der Waals surface area contributed by atoms with E-state index < -0.39 is 5.97 Å². The SMILES string of the molecule is COC(=O)c1ccccc1-c1ccc(/C=C2\SC(=S)N(CCc3ccccc3)C2=O)o1. The minimum absolute atomic E-state index is 0.126. The number of carbonyl (C=O) groups is 2. The second kappa shape index (κ2) is 9.32. The molecule has 31 heavy (non-hydrogen) atoms. The lowest BCUT2D eigenvalue weighted by molar-refractivity contribution is -0.122. The Labute approximate surface area is 189 Å². The normalized spacial score (nSPS) is 15.0. The molecule has 2 aromatic carbocycles. The number of thiocarbonyl (C=S) groups is 1. The molecule has 0 N–H and O–H groups in total. The van der Waals surface area contributed by atoms with Crippen LogP contribution >= 0.6 is 24.0 Å². The fourth-order valence-corrected chi connectivity index (χ4v) is 4.56. The molecule has 4 rings (SSSR count). The molecule has 1 amide bonds. The van der Waals surface area contributed by atoms with E-state index in [1.165, 1.54) is 18.9 Å². The number of methoxy groups -OCH3 is 1. The third kappa shape index (κ3) is 4.62. The third-order valence-electron chi connectivity index (χ3n) is 4.84. The Morgan fingerprint density at radius 2 is 1.84 bits per heavy atom. The van der Waals surface area contributed by atoms with E-state index in [9.17, 15) is 9.59 Å². The Kier molecular flexibility index (Phi) is 6.34. The summed E-state index contributed by atoms with van der Waals surface area (Å²) in [5.41, 5.74) is 2.20. The van der Waals surface area contributed by atoms with Gasteiger partial charge in [-0.05, 0) is 30.2 Å². The van der Waals surface area contributed by atoms with Crippen molar-refractivity contribution < 1.29 is 18.7 Å². The van der Waals surface area contributed by atoms with Crippen molar-refractivity contribution in [2.75, 3.05) is 13.7 Å². The topological polar surface area (TPSA) is 59.8 Å². The molecule has 0 aliphatic carbocycles. The van der Waals surface area contributed by atoms with E-state index in [2.05, 4.69) is 0 Å². The van der Waals surface area contributed by atoms with Crippen LogP contribution in [0.1, 0.15) is 21.7 Å². The minimum Gasteiger partial charge on any atom is -0.465 e. The number of nitrogens with zero attached hydrogens (tertiary/aromatic N) is 1. The molecule has 5 nitrogen and oxygen atoms in total. The molecule has 1 aromatic heterocycles. The zero-order valence-corrected chi connectivity index (χ0v) is 18.4. The van der Waals surface area contributed by atoms with E-state index in [0.29, 0.717) is 38.4 Å². The summed E-state index contributed by atoms with van der Waals surface area (Å²) in [5.74, 6) is 0.469. The van der Waals surface area contributed by atoms with Gasteiger partial charge in [0.1, 0.15) is 15.8 Å². The predicted molar refractivity (Wildman–Crippen MR) is 126 cm³/mol. The summed E-state index contributed by atoms with van der Waals surface area (Å²) in [6.45, 7) is 0.530. The van der Waals surface area contributed by atoms with Crippen molar-refractivity contribution in [3.8, 4) is 11.3 Å². The van der Waals surface area contributed by atoms with Crippen LogP contribution < -0.4 is 0 Å². The maximum absolute atomic E-state index is 12.8. The standard InChI is InChI=1S/C24H19NO4S2/c1-28-23(27)19-10-6-5-9-18(19)20-12-11-17(29-20)15-21-22(26)25(24(30)31-21)14-13-16-7-3-2-4-8-16/h2-12,15H,13-14H2,1H3/b21-15-. The summed E-state index contributed by atoms with van der Waals surface area (Å²) < 4.78 is 11.3. The van der Waals surface area contributed by atoms with E-state index in [1.807, 2.05) is 36.4 Å². The van der Waals surface area contributed by atoms with Crippen LogP contribution in [0.25, 0.3) is 17.4 Å². The van der Waals surface area contributed by atoms with E-state index in [1.54, 1.807) is 41.3 Å². The summed E-state index contributed by atoms with van der Waals surface area (Å²) in [5, 5.41) is 0. The highest BCUT2D eigenvalue weighted by atomic mass is 32.2. The zero-order chi connectivity index (χ0) is 21.8. The van der Waals surface area contributed by atoms with Crippen molar-refractivity contribution in [2.45, 2.75) is 6.42 Å². The number of furan rings is 1. The molecule has 156 valence electrons. The quantitative estimate of drug-likeness (QED) is 0.294. The number of thioether (sulfide) groups is 1. The van der Waals surface area contributed by atoms with Crippen LogP contribution in [-0.2, 0) is 16.0 Å². The monoisotopic (exact) mass is 449 g/mol. The maximum Gasteiger partial charge on any atom is 0.338 e. The van der Waals surface area contributed by atoms with Gasteiger partial charge in [0.25, 0.3) is 5.91 Å². The number of esters is 1. The summed E-state index contributed by atoms with van der Waals surface area (Å²) >= 11 is 6.68. The number of carbonyl (C=O) groups excluding carboxylic acids is 2. The lowest BCUT2D eigenvalue weighted by atomic mass is 10.1. The second-order valence-electron chi connectivity index (χ2n) is 6.81. The van der Waals surface area contributed by atoms with Crippen molar-refractivity contribution in [1.29, 1.82) is 0 Å². The van der Waals surface area contributed by atoms with Crippen molar-refractivity contribution in [2.24, 2.45) is 0 Å². The minimum atomic E-state index is -0.437. The van der Waals surface area contributed by atoms with Gasteiger partial charge in [-0.3, -0.25) is 9.69 Å². The molecule has 0 saturated carbocycles. The summed E-state index contributed by atoms with van der Waals surface area (Å²) in [7, 11) is 1.34. The van der Waals surface area contributed by atoms with Crippen molar-refractivity contribution >= 4 is 46.3 Å². The van der Waals surface area contributed by atoms with Crippen LogP contribution in [0, 0.1) is 0 Å². The lowest BCUT2D eigenvalue weighted by Gasteiger charge is -2.14. The number of hydrogen-bond donors (Lipinski definition) is 0. The highest BCUT2D eigenvalue weighted by Gasteiger charge is 2.32. The second-order valence-corrected chi connectivity index (χ2v) is 8.48. The number of hydrogen-bond acceptors (Lipinski definition) is 6. The summed E-state index contributed by atoms with van der Waals surface area (Å²) in [6.07, 6.45) is 2.42. The molecule has 7 heteroatoms.